The molecule has 2 aliphatic carbocycles. The first-order valence-corrected chi connectivity index (χ1v) is 10.1. The second kappa shape index (κ2) is 5.83. The molecule has 4 bridgehead atoms. The fourth-order valence-corrected chi connectivity index (χ4v) is 6.12. The van der Waals surface area contributed by atoms with Gasteiger partial charge in [-0.1, -0.05) is 13.0 Å². The lowest BCUT2D eigenvalue weighted by Crippen LogP contribution is -2.59. The maximum absolute atomic E-state index is 14.7. The van der Waals surface area contributed by atoms with E-state index in [1.165, 1.54) is 32.1 Å². The summed E-state index contributed by atoms with van der Waals surface area (Å²) >= 11 is 0. The highest BCUT2D eigenvalue weighted by Crippen LogP contribution is 2.49. The lowest BCUT2D eigenvalue weighted by atomic mass is 9.63. The summed E-state index contributed by atoms with van der Waals surface area (Å²) in [7, 11) is 0. The number of halogens is 1. The van der Waals surface area contributed by atoms with Gasteiger partial charge in [0.2, 0.25) is 5.91 Å². The van der Waals surface area contributed by atoms with Gasteiger partial charge < -0.3 is 9.88 Å². The van der Waals surface area contributed by atoms with E-state index in [1.807, 2.05) is 12.3 Å². The highest BCUT2D eigenvalue weighted by Gasteiger charge is 2.48. The summed E-state index contributed by atoms with van der Waals surface area (Å²) < 4.78 is 14.7. The zero-order chi connectivity index (χ0) is 18.0. The molecule has 0 spiro atoms. The third kappa shape index (κ3) is 2.41. The quantitative estimate of drug-likeness (QED) is 0.836. The molecule has 2 saturated heterocycles. The number of aryl methyl sites for hydroxylation is 1. The average Bonchev–Trinajstić information content (AvgIpc) is 3.02. The molecule has 1 atom stereocenters. The van der Waals surface area contributed by atoms with Crippen molar-refractivity contribution in [3.05, 3.63) is 35.3 Å². The Morgan fingerprint density at radius 1 is 1.19 bits per heavy atom. The normalized spacial score (nSPS) is 31.0. The van der Waals surface area contributed by atoms with Crippen LogP contribution in [0.4, 0.5) is 4.39 Å². The van der Waals surface area contributed by atoms with Crippen LogP contribution in [0.1, 0.15) is 62.5 Å². The molecule has 3 heterocycles. The number of rotatable bonds is 3. The van der Waals surface area contributed by atoms with E-state index in [0.29, 0.717) is 29.5 Å². The molecule has 2 saturated carbocycles. The minimum Gasteiger partial charge on any atom is -0.361 e. The van der Waals surface area contributed by atoms with Crippen LogP contribution in [0.5, 0.6) is 0 Å². The van der Waals surface area contributed by atoms with Crippen molar-refractivity contribution in [2.75, 3.05) is 0 Å². The van der Waals surface area contributed by atoms with Crippen LogP contribution in [0.3, 0.4) is 0 Å². The molecule has 1 N–H and O–H groups in total. The van der Waals surface area contributed by atoms with Gasteiger partial charge >= 0.3 is 0 Å². The molecule has 1 amide bonds. The number of aromatic nitrogens is 1. The highest BCUT2D eigenvalue weighted by atomic mass is 19.1. The number of benzene rings is 1. The van der Waals surface area contributed by atoms with Crippen molar-refractivity contribution in [1.82, 2.24) is 9.88 Å². The molecule has 4 aliphatic rings. The van der Waals surface area contributed by atoms with E-state index in [2.05, 4.69) is 16.8 Å². The smallest absolute Gasteiger partial charge is 0.223 e. The maximum atomic E-state index is 14.7. The first-order valence-electron chi connectivity index (χ1n) is 10.1. The fraction of sp³-hybridized carbons (Fsp3) is 0.591. The van der Waals surface area contributed by atoms with E-state index in [4.69, 9.17) is 0 Å². The van der Waals surface area contributed by atoms with E-state index in [0.717, 1.165) is 22.9 Å². The zero-order valence-electron chi connectivity index (χ0n) is 15.6. The molecule has 3 nitrogen and oxygen atoms in total. The molecule has 26 heavy (non-hydrogen) atoms. The Hall–Kier alpha value is -1.84. The van der Waals surface area contributed by atoms with Crippen LogP contribution in [0.15, 0.2) is 18.3 Å². The van der Waals surface area contributed by atoms with Crippen LogP contribution in [-0.2, 0) is 4.79 Å². The third-order valence-corrected chi connectivity index (χ3v) is 7.18. The van der Waals surface area contributed by atoms with E-state index < -0.39 is 0 Å². The first-order chi connectivity index (χ1) is 12.5. The van der Waals surface area contributed by atoms with Crippen molar-refractivity contribution in [3.63, 3.8) is 0 Å². The minimum absolute atomic E-state index is 0.0183. The summed E-state index contributed by atoms with van der Waals surface area (Å²) in [5.41, 5.74) is 2.40. The van der Waals surface area contributed by atoms with Gasteiger partial charge in [0.05, 0.1) is 0 Å². The highest BCUT2D eigenvalue weighted by molar-refractivity contribution is 5.86. The van der Waals surface area contributed by atoms with Crippen LogP contribution >= 0.6 is 0 Å². The molecule has 6 rings (SSSR count). The van der Waals surface area contributed by atoms with E-state index in [1.54, 1.807) is 13.0 Å². The van der Waals surface area contributed by atoms with Gasteiger partial charge in [0.1, 0.15) is 5.82 Å². The summed E-state index contributed by atoms with van der Waals surface area (Å²) in [5.74, 6) is 1.83. The van der Waals surface area contributed by atoms with Crippen molar-refractivity contribution in [2.24, 2.45) is 11.8 Å². The molecule has 0 radical (unpaired) electrons. The van der Waals surface area contributed by atoms with Gasteiger partial charge in [0.25, 0.3) is 0 Å². The number of H-pyrrole nitrogens is 1. The lowest BCUT2D eigenvalue weighted by molar-refractivity contribution is -0.149. The van der Waals surface area contributed by atoms with Gasteiger partial charge in [-0.2, -0.15) is 0 Å². The molecule has 1 aromatic carbocycles. The van der Waals surface area contributed by atoms with Gasteiger partial charge in [-0.15, -0.1) is 0 Å². The summed E-state index contributed by atoms with van der Waals surface area (Å²) in [5, 5.41) is 0.658. The van der Waals surface area contributed by atoms with Crippen molar-refractivity contribution in [2.45, 2.75) is 70.4 Å². The van der Waals surface area contributed by atoms with Crippen LogP contribution in [0, 0.1) is 24.6 Å². The van der Waals surface area contributed by atoms with E-state index >= 15 is 0 Å². The van der Waals surface area contributed by atoms with Crippen LogP contribution < -0.4 is 0 Å². The topological polar surface area (TPSA) is 36.1 Å². The van der Waals surface area contributed by atoms with Gasteiger partial charge in [-0.25, -0.2) is 4.39 Å². The molecule has 4 heteroatoms. The largest absolute Gasteiger partial charge is 0.361 e. The van der Waals surface area contributed by atoms with Crippen LogP contribution in [0.2, 0.25) is 0 Å². The molecule has 2 aliphatic heterocycles. The van der Waals surface area contributed by atoms with Crippen LogP contribution in [0.25, 0.3) is 10.9 Å². The number of piperidine rings is 2. The predicted octanol–water partition coefficient (Wildman–Crippen LogP) is 4.90. The number of fused-ring (bicyclic) bond motifs is 1. The number of nitrogens with zero attached hydrogens (tertiary/aromatic N) is 1. The number of hydrogen-bond acceptors (Lipinski definition) is 1. The van der Waals surface area contributed by atoms with Gasteiger partial charge in [0.15, 0.2) is 0 Å². The van der Waals surface area contributed by atoms with Gasteiger partial charge in [0, 0.05) is 35.6 Å². The zero-order valence-corrected chi connectivity index (χ0v) is 15.6. The van der Waals surface area contributed by atoms with Gasteiger partial charge in [-0.05, 0) is 74.0 Å². The number of nitrogens with one attached hydrogen (secondary N) is 1. The Morgan fingerprint density at radius 2 is 1.85 bits per heavy atom. The maximum Gasteiger partial charge on any atom is 0.223 e. The standard InChI is InChI=1S/C22H27FN2O/c1-12-3-4-19-21(22(12)23)18(11-24-19)13(2)5-20(26)25-16-7-14-6-15(9-16)10-17(25)8-14/h3-4,11,13-17,24H,5-10H2,1-2H3. The Bertz CT molecular complexity index is 842. The van der Waals surface area contributed by atoms with Gasteiger partial charge in [-0.3, -0.25) is 4.79 Å². The molecule has 2 aromatic rings. The number of aromatic amines is 1. The lowest BCUT2D eigenvalue weighted by Gasteiger charge is -2.56. The van der Waals surface area contributed by atoms with Crippen molar-refractivity contribution < 1.29 is 9.18 Å². The van der Waals surface area contributed by atoms with Crippen molar-refractivity contribution >= 4 is 16.8 Å². The summed E-state index contributed by atoms with van der Waals surface area (Å²) in [4.78, 5) is 18.5. The second-order valence-electron chi connectivity index (χ2n) is 8.99. The average molecular weight is 354 g/mol. The Labute approximate surface area is 154 Å². The first kappa shape index (κ1) is 16.3. The SMILES string of the molecule is Cc1ccc2[nH]cc(C(C)CC(=O)N3C4CC5CC(C4)CC3C5)c2c1F. The molecule has 1 aromatic heterocycles. The van der Waals surface area contributed by atoms with Crippen molar-refractivity contribution in [3.8, 4) is 0 Å². The molecule has 138 valence electrons. The molecular formula is C22H27FN2O. The Balaban J connectivity index is 1.38. The van der Waals surface area contributed by atoms with E-state index in [9.17, 15) is 9.18 Å². The summed E-state index contributed by atoms with van der Waals surface area (Å²) in [6, 6.07) is 4.65. The van der Waals surface area contributed by atoms with E-state index in [-0.39, 0.29) is 17.6 Å². The molecule has 4 fully saturated rings. The molecule has 1 unspecified atom stereocenters. The number of carbonyl (C=O) groups is 1. The second-order valence-corrected chi connectivity index (χ2v) is 8.99. The predicted molar refractivity (Wildman–Crippen MR) is 101 cm³/mol. The number of hydrogen-bond donors (Lipinski definition) is 1. The number of carbonyl (C=O) groups excluding carboxylic acids is 1. The Kier molecular flexibility index (Phi) is 3.67. The fourth-order valence-electron chi connectivity index (χ4n) is 6.12. The van der Waals surface area contributed by atoms with Crippen molar-refractivity contribution in [1.29, 1.82) is 0 Å². The van der Waals surface area contributed by atoms with Crippen LogP contribution in [-0.4, -0.2) is 27.9 Å². The Morgan fingerprint density at radius 3 is 2.50 bits per heavy atom. The minimum atomic E-state index is -0.159. The number of amides is 1. The third-order valence-electron chi connectivity index (χ3n) is 7.18. The summed E-state index contributed by atoms with van der Waals surface area (Å²) in [6.07, 6.45) is 8.56. The monoisotopic (exact) mass is 354 g/mol. The molecular weight excluding hydrogens is 327 g/mol. The summed E-state index contributed by atoms with van der Waals surface area (Å²) in [6.45, 7) is 3.85.